The second kappa shape index (κ2) is 4.82. The van der Waals surface area contributed by atoms with Crippen LogP contribution in [0.1, 0.15) is 0 Å². The van der Waals surface area contributed by atoms with Crippen molar-refractivity contribution < 1.29 is 13.2 Å². The molecular formula is C12H5Br2F3. The van der Waals surface area contributed by atoms with Gasteiger partial charge in [-0.3, -0.25) is 0 Å². The lowest BCUT2D eigenvalue weighted by Crippen LogP contribution is -1.90. The quantitative estimate of drug-likeness (QED) is 0.643. The molecule has 2 rings (SSSR count). The van der Waals surface area contributed by atoms with Gasteiger partial charge < -0.3 is 0 Å². The Morgan fingerprint density at radius 2 is 1.41 bits per heavy atom. The molecular weight excluding hydrogens is 361 g/mol. The van der Waals surface area contributed by atoms with Crippen LogP contribution < -0.4 is 0 Å². The van der Waals surface area contributed by atoms with Crippen LogP contribution in [-0.4, -0.2) is 0 Å². The van der Waals surface area contributed by atoms with Gasteiger partial charge in [-0.2, -0.15) is 0 Å². The second-order valence-electron chi connectivity index (χ2n) is 3.37. The molecule has 88 valence electrons. The Balaban J connectivity index is 2.68. The van der Waals surface area contributed by atoms with Crippen LogP contribution >= 0.6 is 31.9 Å². The van der Waals surface area contributed by atoms with Crippen LogP contribution in [0.3, 0.4) is 0 Å². The Morgan fingerprint density at radius 1 is 0.765 bits per heavy atom. The second-order valence-corrected chi connectivity index (χ2v) is 5.08. The van der Waals surface area contributed by atoms with Crippen LogP contribution in [0.15, 0.2) is 39.3 Å². The lowest BCUT2D eigenvalue weighted by Gasteiger charge is -2.09. The normalized spacial score (nSPS) is 10.6. The topological polar surface area (TPSA) is 0 Å². The van der Waals surface area contributed by atoms with E-state index in [9.17, 15) is 13.2 Å². The van der Waals surface area contributed by atoms with E-state index in [-0.39, 0.29) is 10.0 Å². The fourth-order valence-corrected chi connectivity index (χ4v) is 2.66. The number of rotatable bonds is 1. The van der Waals surface area contributed by atoms with Crippen molar-refractivity contribution in [2.45, 2.75) is 0 Å². The Morgan fingerprint density at radius 3 is 2.00 bits per heavy atom. The summed E-state index contributed by atoms with van der Waals surface area (Å²) in [7, 11) is 0. The molecule has 0 aliphatic carbocycles. The van der Waals surface area contributed by atoms with Crippen molar-refractivity contribution >= 4 is 31.9 Å². The largest absolute Gasteiger partial charge is 0.207 e. The average Bonchev–Trinajstić information content (AvgIpc) is 2.19. The first-order valence-electron chi connectivity index (χ1n) is 4.59. The van der Waals surface area contributed by atoms with E-state index in [4.69, 9.17) is 0 Å². The van der Waals surface area contributed by atoms with Crippen molar-refractivity contribution in [2.24, 2.45) is 0 Å². The first-order chi connectivity index (χ1) is 7.99. The summed E-state index contributed by atoms with van der Waals surface area (Å²) in [5.74, 6) is -1.81. The lowest BCUT2D eigenvalue weighted by atomic mass is 10.1. The molecule has 0 amide bonds. The molecule has 0 fully saturated rings. The molecule has 2 aromatic carbocycles. The van der Waals surface area contributed by atoms with Crippen LogP contribution in [0, 0.1) is 17.5 Å². The monoisotopic (exact) mass is 364 g/mol. The van der Waals surface area contributed by atoms with Gasteiger partial charge in [0.05, 0.1) is 0 Å². The first kappa shape index (κ1) is 12.6. The number of hydrogen-bond acceptors (Lipinski definition) is 0. The zero-order chi connectivity index (χ0) is 12.6. The van der Waals surface area contributed by atoms with Crippen molar-refractivity contribution in [1.82, 2.24) is 0 Å². The third kappa shape index (κ3) is 2.55. The fourth-order valence-electron chi connectivity index (χ4n) is 1.49. The van der Waals surface area contributed by atoms with E-state index in [1.54, 1.807) is 0 Å². The van der Waals surface area contributed by atoms with Gasteiger partial charge in [-0.05, 0) is 34.1 Å². The summed E-state index contributed by atoms with van der Waals surface area (Å²) in [6.07, 6.45) is 0. The maximum absolute atomic E-state index is 13.7. The van der Waals surface area contributed by atoms with Gasteiger partial charge in [0.15, 0.2) is 0 Å². The van der Waals surface area contributed by atoms with Gasteiger partial charge in [0.2, 0.25) is 0 Å². The van der Waals surface area contributed by atoms with Crippen molar-refractivity contribution in [1.29, 1.82) is 0 Å². The van der Waals surface area contributed by atoms with Crippen molar-refractivity contribution in [2.75, 3.05) is 0 Å². The zero-order valence-electron chi connectivity index (χ0n) is 8.28. The molecule has 0 heterocycles. The van der Waals surface area contributed by atoms with E-state index in [1.807, 2.05) is 0 Å². The van der Waals surface area contributed by atoms with Gasteiger partial charge in [0, 0.05) is 26.1 Å². The third-order valence-electron chi connectivity index (χ3n) is 2.21. The van der Waals surface area contributed by atoms with Gasteiger partial charge in [-0.25, -0.2) is 13.2 Å². The van der Waals surface area contributed by atoms with E-state index in [0.29, 0.717) is 10.0 Å². The molecule has 0 spiro atoms. The maximum Gasteiger partial charge on any atom is 0.135 e. The summed E-state index contributed by atoms with van der Waals surface area (Å²) in [4.78, 5) is 0. The summed E-state index contributed by atoms with van der Waals surface area (Å²) < 4.78 is 40.3. The van der Waals surface area contributed by atoms with Gasteiger partial charge in [-0.15, -0.1) is 0 Å². The molecule has 0 nitrogen and oxygen atoms in total. The fraction of sp³-hybridized carbons (Fsp3) is 0. The molecule has 2 aromatic rings. The van der Waals surface area contributed by atoms with Crippen molar-refractivity contribution in [3.8, 4) is 11.1 Å². The smallest absolute Gasteiger partial charge is 0.135 e. The zero-order valence-corrected chi connectivity index (χ0v) is 11.4. The van der Waals surface area contributed by atoms with E-state index in [0.717, 1.165) is 12.1 Å². The summed E-state index contributed by atoms with van der Waals surface area (Å²) in [5.41, 5.74) is 0.647. The van der Waals surface area contributed by atoms with E-state index in [2.05, 4.69) is 31.9 Å². The van der Waals surface area contributed by atoms with Crippen molar-refractivity contribution in [3.63, 3.8) is 0 Å². The lowest BCUT2D eigenvalue weighted by molar-refractivity contribution is 0.584. The van der Waals surface area contributed by atoms with Gasteiger partial charge >= 0.3 is 0 Å². The van der Waals surface area contributed by atoms with Crippen molar-refractivity contribution in [3.05, 3.63) is 56.7 Å². The van der Waals surface area contributed by atoms with Gasteiger partial charge in [0.25, 0.3) is 0 Å². The Hall–Kier alpha value is -0.810. The van der Waals surface area contributed by atoms with Crippen LogP contribution in [-0.2, 0) is 0 Å². The summed E-state index contributed by atoms with van der Waals surface area (Å²) in [6.45, 7) is 0. The summed E-state index contributed by atoms with van der Waals surface area (Å²) >= 11 is 6.24. The molecule has 0 radical (unpaired) electrons. The summed E-state index contributed by atoms with van der Waals surface area (Å²) in [5, 5.41) is 0. The van der Waals surface area contributed by atoms with Crippen LogP contribution in [0.2, 0.25) is 0 Å². The average molecular weight is 366 g/mol. The minimum Gasteiger partial charge on any atom is -0.207 e. The van der Waals surface area contributed by atoms with E-state index in [1.165, 1.54) is 18.2 Å². The molecule has 0 aliphatic rings. The Bertz CT molecular complexity index is 559. The first-order valence-corrected chi connectivity index (χ1v) is 6.17. The van der Waals surface area contributed by atoms with Crippen LogP contribution in [0.5, 0.6) is 0 Å². The number of halogens is 5. The minimum absolute atomic E-state index is 0.193. The Kier molecular flexibility index (Phi) is 3.58. The predicted octanol–water partition coefficient (Wildman–Crippen LogP) is 5.30. The molecule has 0 saturated carbocycles. The Labute approximate surface area is 113 Å². The molecule has 17 heavy (non-hydrogen) atoms. The molecule has 0 unspecified atom stereocenters. The number of hydrogen-bond donors (Lipinski definition) is 0. The molecule has 0 atom stereocenters. The predicted molar refractivity (Wildman–Crippen MR) is 67.2 cm³/mol. The number of benzene rings is 2. The highest BCUT2D eigenvalue weighted by molar-refractivity contribution is 9.11. The van der Waals surface area contributed by atoms with Crippen LogP contribution in [0.25, 0.3) is 11.1 Å². The minimum atomic E-state index is -0.704. The molecule has 0 aliphatic heterocycles. The van der Waals surface area contributed by atoms with Crippen LogP contribution in [0.4, 0.5) is 13.2 Å². The molecule has 0 bridgehead atoms. The molecule has 0 saturated heterocycles. The van der Waals surface area contributed by atoms with E-state index >= 15 is 0 Å². The highest BCUT2D eigenvalue weighted by atomic mass is 79.9. The maximum atomic E-state index is 13.7. The highest BCUT2D eigenvalue weighted by Gasteiger charge is 2.14. The third-order valence-corrected chi connectivity index (χ3v) is 3.49. The van der Waals surface area contributed by atoms with Gasteiger partial charge in [0.1, 0.15) is 17.5 Å². The highest BCUT2D eigenvalue weighted by Crippen LogP contribution is 2.36. The standard InChI is InChI=1S/C12H5Br2F3/c13-9-3-6(15)1-2-8(9)12-10(14)4-7(16)5-11(12)17/h1-5H. The molecule has 0 N–H and O–H groups in total. The molecule has 0 aromatic heterocycles. The summed E-state index contributed by atoms with van der Waals surface area (Å²) in [6, 6.07) is 5.82. The van der Waals surface area contributed by atoms with Gasteiger partial charge in [-0.1, -0.05) is 22.0 Å². The van der Waals surface area contributed by atoms with E-state index < -0.39 is 17.5 Å². The molecule has 5 heteroatoms. The SMILES string of the molecule is Fc1ccc(-c2c(F)cc(F)cc2Br)c(Br)c1.